The second kappa shape index (κ2) is 67.8. The molecule has 0 aromatic carbocycles. The van der Waals surface area contributed by atoms with Gasteiger partial charge in [-0.15, -0.1) is 0 Å². The van der Waals surface area contributed by atoms with Gasteiger partial charge in [-0.25, -0.2) is 0 Å². The molecule has 88 heavy (non-hydrogen) atoms. The first-order valence-corrected chi connectivity index (χ1v) is 37.7. The lowest BCUT2D eigenvalue weighted by atomic mass is 10.0. The summed E-state index contributed by atoms with van der Waals surface area (Å²) < 4.78 is 23.4. The topological polar surface area (TPSA) is 108 Å². The van der Waals surface area contributed by atoms with Crippen molar-refractivity contribution in [3.63, 3.8) is 0 Å². The first kappa shape index (κ1) is 84.4. The molecule has 0 saturated carbocycles. The van der Waals surface area contributed by atoms with Gasteiger partial charge in [0.2, 0.25) is 5.91 Å². The van der Waals surface area contributed by atoms with Crippen molar-refractivity contribution in [2.75, 3.05) is 40.9 Å². The molecule has 0 fully saturated rings. The number of aliphatic hydroxyl groups is 1. The molecular formula is C79H137N2O6P. The minimum atomic E-state index is -4.63. The van der Waals surface area contributed by atoms with Crippen LogP contribution in [0.3, 0.4) is 0 Å². The fourth-order valence-electron chi connectivity index (χ4n) is 9.98. The number of hydrogen-bond acceptors (Lipinski definition) is 6. The van der Waals surface area contributed by atoms with Crippen molar-refractivity contribution in [2.45, 2.75) is 309 Å². The van der Waals surface area contributed by atoms with Crippen LogP contribution >= 0.6 is 7.82 Å². The minimum Gasteiger partial charge on any atom is -0.756 e. The third-order valence-electron chi connectivity index (χ3n) is 15.6. The Morgan fingerprint density at radius 1 is 0.409 bits per heavy atom. The van der Waals surface area contributed by atoms with Crippen molar-refractivity contribution >= 4 is 13.7 Å². The smallest absolute Gasteiger partial charge is 0.268 e. The number of likely N-dealkylation sites (N-methyl/N-ethyl adjacent to an activating group) is 1. The lowest BCUT2D eigenvalue weighted by Crippen LogP contribution is -2.45. The number of amides is 1. The van der Waals surface area contributed by atoms with Gasteiger partial charge in [-0.3, -0.25) is 9.36 Å². The van der Waals surface area contributed by atoms with Crippen molar-refractivity contribution in [3.05, 3.63) is 146 Å². The fourth-order valence-corrected chi connectivity index (χ4v) is 10.7. The van der Waals surface area contributed by atoms with Gasteiger partial charge in [-0.05, 0) is 103 Å². The molecule has 0 radical (unpaired) electrons. The number of hydrogen-bond donors (Lipinski definition) is 2. The van der Waals surface area contributed by atoms with E-state index in [-0.39, 0.29) is 12.5 Å². The maximum Gasteiger partial charge on any atom is 0.268 e. The highest BCUT2D eigenvalue weighted by Gasteiger charge is 2.23. The van der Waals surface area contributed by atoms with Crippen molar-refractivity contribution in [1.82, 2.24) is 5.32 Å². The van der Waals surface area contributed by atoms with Crippen molar-refractivity contribution in [3.8, 4) is 0 Å². The summed E-state index contributed by atoms with van der Waals surface area (Å²) in [5.41, 5.74) is 0. The Morgan fingerprint density at radius 2 is 0.693 bits per heavy atom. The molecule has 2 N–H and O–H groups in total. The molecule has 1 amide bonds. The molecule has 3 atom stereocenters. The third-order valence-corrected chi connectivity index (χ3v) is 16.5. The molecule has 0 saturated heterocycles. The molecule has 0 rings (SSSR count). The van der Waals surface area contributed by atoms with Crippen molar-refractivity contribution < 1.29 is 32.9 Å². The molecule has 0 aromatic rings. The van der Waals surface area contributed by atoms with Crippen LogP contribution in [0.4, 0.5) is 0 Å². The number of nitrogens with one attached hydrogen (secondary N) is 1. The number of carbonyl (C=O) groups excluding carboxylic acids is 1. The summed E-state index contributed by atoms with van der Waals surface area (Å²) in [7, 11) is 1.22. The molecule has 8 nitrogen and oxygen atoms in total. The van der Waals surface area contributed by atoms with E-state index in [1.165, 1.54) is 161 Å². The lowest BCUT2D eigenvalue weighted by molar-refractivity contribution is -0.870. The Labute approximate surface area is 544 Å². The Bertz CT molecular complexity index is 1950. The summed E-state index contributed by atoms with van der Waals surface area (Å²) >= 11 is 0. The van der Waals surface area contributed by atoms with Gasteiger partial charge in [0, 0.05) is 6.42 Å². The van der Waals surface area contributed by atoms with E-state index in [1.807, 2.05) is 27.2 Å². The molecule has 9 heteroatoms. The molecule has 0 aliphatic carbocycles. The lowest BCUT2D eigenvalue weighted by Gasteiger charge is -2.29. The van der Waals surface area contributed by atoms with Crippen LogP contribution in [-0.2, 0) is 18.4 Å². The SMILES string of the molecule is CC/C=C\C/C=C\C/C=C\C/C=C\C/C=C\C/C=C\C/C=C\C/C=C\C/C=C\C/C=C\C/C=C\CCCCCC(=O)NC(COP(=O)([O-])OCC[N+](C)(C)C)C(O)/C=C/CCCCCCCCCCCCCCCCCCCCCCCCCCCCC. The maximum atomic E-state index is 13.0. The summed E-state index contributed by atoms with van der Waals surface area (Å²) in [4.78, 5) is 25.6. The highest BCUT2D eigenvalue weighted by molar-refractivity contribution is 7.45. The number of aliphatic hydroxyl groups excluding tert-OH is 1. The van der Waals surface area contributed by atoms with Gasteiger partial charge in [0.05, 0.1) is 39.9 Å². The van der Waals surface area contributed by atoms with Gasteiger partial charge in [-0.2, -0.15) is 0 Å². The number of unbranched alkanes of at least 4 members (excludes halogenated alkanes) is 30. The molecular weight excluding hydrogens is 1100 g/mol. The summed E-state index contributed by atoms with van der Waals surface area (Å²) in [6.45, 7) is 4.52. The fraction of sp³-hybridized carbons (Fsp3) is 0.684. The number of nitrogens with zero attached hydrogens (tertiary/aromatic N) is 1. The van der Waals surface area contributed by atoms with E-state index >= 15 is 0 Å². The van der Waals surface area contributed by atoms with Crippen molar-refractivity contribution in [1.29, 1.82) is 0 Å². The predicted molar refractivity (Wildman–Crippen MR) is 385 cm³/mol. The van der Waals surface area contributed by atoms with E-state index in [4.69, 9.17) is 9.05 Å². The Kier molecular flexibility index (Phi) is 65.0. The summed E-state index contributed by atoms with van der Waals surface area (Å²) in [5, 5.41) is 13.9. The Hall–Kier alpha value is -3.62. The van der Waals surface area contributed by atoms with E-state index in [0.717, 1.165) is 109 Å². The summed E-state index contributed by atoms with van der Waals surface area (Å²) in [6, 6.07) is -0.918. The number of quaternary nitrogens is 1. The van der Waals surface area contributed by atoms with Crippen molar-refractivity contribution in [2.24, 2.45) is 0 Å². The number of rotatable bonds is 65. The highest BCUT2D eigenvalue weighted by atomic mass is 31.2. The normalized spacial score (nSPS) is 14.5. The van der Waals surface area contributed by atoms with Crippen LogP contribution in [0.15, 0.2) is 146 Å². The zero-order chi connectivity index (χ0) is 64.1. The molecule has 0 aliphatic rings. The monoisotopic (exact) mass is 1240 g/mol. The molecule has 504 valence electrons. The molecule has 3 unspecified atom stereocenters. The largest absolute Gasteiger partial charge is 0.756 e. The zero-order valence-corrected chi connectivity index (χ0v) is 58.5. The summed E-state index contributed by atoms with van der Waals surface area (Å²) in [6.07, 6.45) is 104. The van der Waals surface area contributed by atoms with E-state index in [1.54, 1.807) is 6.08 Å². The van der Waals surface area contributed by atoms with Crippen LogP contribution in [0.25, 0.3) is 0 Å². The van der Waals surface area contributed by atoms with E-state index in [0.29, 0.717) is 23.9 Å². The zero-order valence-electron chi connectivity index (χ0n) is 57.6. The average molecular weight is 1240 g/mol. The number of allylic oxidation sites excluding steroid dienone is 23. The van der Waals surface area contributed by atoms with Crippen LogP contribution in [0.1, 0.15) is 296 Å². The van der Waals surface area contributed by atoms with Crippen LogP contribution in [0, 0.1) is 0 Å². The van der Waals surface area contributed by atoms with Crippen LogP contribution in [0.2, 0.25) is 0 Å². The van der Waals surface area contributed by atoms with Gasteiger partial charge < -0.3 is 28.8 Å². The first-order valence-electron chi connectivity index (χ1n) is 36.2. The Balaban J connectivity index is 4.21. The average Bonchev–Trinajstić information content (AvgIpc) is 3.70. The van der Waals surface area contributed by atoms with Crippen LogP contribution in [0.5, 0.6) is 0 Å². The van der Waals surface area contributed by atoms with Gasteiger partial charge in [-0.1, -0.05) is 333 Å². The molecule has 0 aliphatic heterocycles. The second-order valence-electron chi connectivity index (χ2n) is 25.2. The van der Waals surface area contributed by atoms with Crippen LogP contribution in [-0.4, -0.2) is 68.5 Å². The number of phosphoric ester groups is 1. The molecule has 0 heterocycles. The second-order valence-corrected chi connectivity index (χ2v) is 26.6. The van der Waals surface area contributed by atoms with Gasteiger partial charge >= 0.3 is 0 Å². The minimum absolute atomic E-state index is 0.0152. The van der Waals surface area contributed by atoms with E-state index in [2.05, 4.69) is 153 Å². The van der Waals surface area contributed by atoms with Gasteiger partial charge in [0.1, 0.15) is 13.2 Å². The van der Waals surface area contributed by atoms with E-state index < -0.39 is 26.6 Å². The van der Waals surface area contributed by atoms with E-state index in [9.17, 15) is 19.4 Å². The Morgan fingerprint density at radius 3 is 1.01 bits per heavy atom. The van der Waals surface area contributed by atoms with Gasteiger partial charge in [0.25, 0.3) is 7.82 Å². The highest BCUT2D eigenvalue weighted by Crippen LogP contribution is 2.38. The first-order chi connectivity index (χ1) is 43.0. The molecule has 0 spiro atoms. The maximum absolute atomic E-state index is 13.0. The summed E-state index contributed by atoms with van der Waals surface area (Å²) in [5.74, 6) is -0.232. The molecule has 0 bridgehead atoms. The predicted octanol–water partition coefficient (Wildman–Crippen LogP) is 22.9. The number of carbonyl (C=O) groups is 1. The standard InChI is InChI=1S/C79H137N2O6P/c1-6-8-10-12-14-16-18-20-22-24-26-28-30-32-34-36-37-38-39-40-41-42-43-45-47-49-51-53-55-57-59-61-63-65-67-69-71-73-79(83)80-77(76-87-88(84,85)86-75-74-81(3,4)5)78(82)72-70-68-66-64-62-60-58-56-54-52-50-48-46-44-35-33-31-29-27-25-23-21-19-17-15-13-11-9-7-2/h8,10,14,16,20,22,26,28,32,34,37-38,40-41,43,45,49,51,55,57,61,63,70,72,77-78,82H,6-7,9,11-13,15,17-19,21,23-25,27,29-31,33,35-36,39,42,44,46-48,50,52-54,56,58-60,62,64-69,71,73-76H2,1-5H3,(H-,80,83,84,85)/b10-8-,16-14-,22-20-,28-26-,34-32-,38-37-,41-40-,45-43-,51-49-,57-55-,63-61-,72-70+. The third kappa shape index (κ3) is 69.8. The quantitative estimate of drug-likeness (QED) is 0.0272. The van der Waals surface area contributed by atoms with Gasteiger partial charge in [0.15, 0.2) is 0 Å². The number of phosphoric acid groups is 1. The van der Waals surface area contributed by atoms with Crippen LogP contribution < -0.4 is 10.2 Å². The molecule has 0 aromatic heterocycles.